The molecule has 20 heavy (non-hydrogen) atoms. The summed E-state index contributed by atoms with van der Waals surface area (Å²) in [5.41, 5.74) is 3.60. The van der Waals surface area contributed by atoms with Crippen molar-refractivity contribution in [2.45, 2.75) is 13.5 Å². The van der Waals surface area contributed by atoms with Crippen LogP contribution >= 0.6 is 11.6 Å². The zero-order chi connectivity index (χ0) is 14.5. The number of methoxy groups -OCH3 is 1. The highest BCUT2D eigenvalue weighted by molar-refractivity contribution is 6.31. The van der Waals surface area contributed by atoms with Crippen molar-refractivity contribution in [1.29, 1.82) is 5.26 Å². The molecule has 2 rings (SSSR count). The molecule has 102 valence electrons. The summed E-state index contributed by atoms with van der Waals surface area (Å²) >= 11 is 6.09. The molecule has 0 atom stereocenters. The Morgan fingerprint density at radius 1 is 1.30 bits per heavy atom. The summed E-state index contributed by atoms with van der Waals surface area (Å²) in [5, 5.41) is 13.0. The van der Waals surface area contributed by atoms with E-state index in [1.807, 2.05) is 37.3 Å². The van der Waals surface area contributed by atoms with Gasteiger partial charge in [0.2, 0.25) is 0 Å². The number of nitrogens with zero attached hydrogens (tertiary/aromatic N) is 1. The van der Waals surface area contributed by atoms with Crippen molar-refractivity contribution < 1.29 is 4.74 Å². The average molecular weight is 287 g/mol. The predicted molar refractivity (Wildman–Crippen MR) is 81.2 cm³/mol. The van der Waals surface area contributed by atoms with Crippen molar-refractivity contribution in [1.82, 2.24) is 0 Å². The first kappa shape index (κ1) is 14.2. The lowest BCUT2D eigenvalue weighted by atomic mass is 10.1. The Bertz CT molecular complexity index is 662. The van der Waals surface area contributed by atoms with Gasteiger partial charge in [-0.25, -0.2) is 0 Å². The smallest absolute Gasteiger partial charge is 0.136 e. The second kappa shape index (κ2) is 6.31. The van der Waals surface area contributed by atoms with Gasteiger partial charge in [0.1, 0.15) is 11.8 Å². The minimum Gasteiger partial charge on any atom is -0.495 e. The highest BCUT2D eigenvalue weighted by Gasteiger charge is 2.05. The Kier molecular flexibility index (Phi) is 4.49. The van der Waals surface area contributed by atoms with Gasteiger partial charge < -0.3 is 10.1 Å². The Labute approximate surface area is 123 Å². The minimum atomic E-state index is 0.537. The summed E-state index contributed by atoms with van der Waals surface area (Å²) in [6.07, 6.45) is 0. The number of ether oxygens (including phenoxy) is 1. The third-order valence-electron chi connectivity index (χ3n) is 3.14. The highest BCUT2D eigenvalue weighted by Crippen LogP contribution is 2.24. The van der Waals surface area contributed by atoms with E-state index in [0.717, 1.165) is 21.8 Å². The van der Waals surface area contributed by atoms with E-state index in [2.05, 4.69) is 11.4 Å². The first-order chi connectivity index (χ1) is 9.65. The van der Waals surface area contributed by atoms with Crippen LogP contribution in [0.3, 0.4) is 0 Å². The molecule has 0 aliphatic rings. The average Bonchev–Trinajstić information content (AvgIpc) is 2.48. The van der Waals surface area contributed by atoms with Crippen LogP contribution in [0.5, 0.6) is 5.75 Å². The van der Waals surface area contributed by atoms with E-state index in [9.17, 15) is 0 Å². The molecule has 0 heterocycles. The van der Waals surface area contributed by atoms with E-state index >= 15 is 0 Å². The van der Waals surface area contributed by atoms with Crippen molar-refractivity contribution in [3.8, 4) is 11.8 Å². The SMILES string of the molecule is COc1cc(CNc2cccc(Cl)c2C)ccc1C#N. The molecule has 0 unspecified atom stereocenters. The Hall–Kier alpha value is -2.18. The van der Waals surface area contributed by atoms with E-state index in [0.29, 0.717) is 17.9 Å². The molecule has 0 fully saturated rings. The van der Waals surface area contributed by atoms with E-state index in [1.54, 1.807) is 13.2 Å². The van der Waals surface area contributed by atoms with Crippen LogP contribution in [-0.2, 0) is 6.54 Å². The van der Waals surface area contributed by atoms with E-state index in [4.69, 9.17) is 21.6 Å². The fourth-order valence-corrected chi connectivity index (χ4v) is 2.11. The molecule has 0 amide bonds. The number of nitrogens with one attached hydrogen (secondary N) is 1. The molecule has 1 N–H and O–H groups in total. The van der Waals surface area contributed by atoms with Gasteiger partial charge in [-0.2, -0.15) is 5.26 Å². The van der Waals surface area contributed by atoms with Crippen molar-refractivity contribution in [2.24, 2.45) is 0 Å². The summed E-state index contributed by atoms with van der Waals surface area (Å²) in [4.78, 5) is 0. The summed E-state index contributed by atoms with van der Waals surface area (Å²) in [6, 6.07) is 13.4. The van der Waals surface area contributed by atoms with Crippen molar-refractivity contribution in [3.63, 3.8) is 0 Å². The third-order valence-corrected chi connectivity index (χ3v) is 3.55. The monoisotopic (exact) mass is 286 g/mol. The molecule has 0 bridgehead atoms. The molecule has 4 heteroatoms. The summed E-state index contributed by atoms with van der Waals surface area (Å²) < 4.78 is 5.20. The Morgan fingerprint density at radius 2 is 2.10 bits per heavy atom. The third kappa shape index (κ3) is 3.04. The zero-order valence-electron chi connectivity index (χ0n) is 11.4. The van der Waals surface area contributed by atoms with Gasteiger partial charge in [0, 0.05) is 17.3 Å². The highest BCUT2D eigenvalue weighted by atomic mass is 35.5. The van der Waals surface area contributed by atoms with Crippen molar-refractivity contribution >= 4 is 17.3 Å². The molecule has 3 nitrogen and oxygen atoms in total. The molecule has 0 radical (unpaired) electrons. The molecule has 0 saturated carbocycles. The fraction of sp³-hybridized carbons (Fsp3) is 0.188. The predicted octanol–water partition coefficient (Wildman–Crippen LogP) is 4.14. The van der Waals surface area contributed by atoms with Crippen LogP contribution in [0, 0.1) is 18.3 Å². The molecule has 0 saturated heterocycles. The van der Waals surface area contributed by atoms with Gasteiger partial charge in [0.15, 0.2) is 0 Å². The Morgan fingerprint density at radius 3 is 2.80 bits per heavy atom. The van der Waals surface area contributed by atoms with Crippen LogP contribution in [0.15, 0.2) is 36.4 Å². The number of nitriles is 1. The quantitative estimate of drug-likeness (QED) is 0.919. The summed E-state index contributed by atoms with van der Waals surface area (Å²) in [5.74, 6) is 0.592. The lowest BCUT2D eigenvalue weighted by molar-refractivity contribution is 0.413. The molecule has 2 aromatic carbocycles. The van der Waals surface area contributed by atoms with E-state index in [-0.39, 0.29) is 0 Å². The van der Waals surface area contributed by atoms with Gasteiger partial charge >= 0.3 is 0 Å². The largest absolute Gasteiger partial charge is 0.495 e. The number of hydrogen-bond donors (Lipinski definition) is 1. The van der Waals surface area contributed by atoms with Crippen LogP contribution in [0.1, 0.15) is 16.7 Å². The molecule has 0 aromatic heterocycles. The number of halogens is 1. The summed E-state index contributed by atoms with van der Waals surface area (Å²) in [7, 11) is 1.56. The van der Waals surface area contributed by atoms with Crippen LogP contribution < -0.4 is 10.1 Å². The van der Waals surface area contributed by atoms with Gasteiger partial charge in [-0.3, -0.25) is 0 Å². The van der Waals surface area contributed by atoms with Crippen LogP contribution in [0.25, 0.3) is 0 Å². The maximum atomic E-state index is 8.95. The van der Waals surface area contributed by atoms with Gasteiger partial charge in [0.05, 0.1) is 12.7 Å². The lowest BCUT2D eigenvalue weighted by Gasteiger charge is -2.11. The Balaban J connectivity index is 2.15. The number of anilines is 1. The van der Waals surface area contributed by atoms with Crippen molar-refractivity contribution in [2.75, 3.05) is 12.4 Å². The van der Waals surface area contributed by atoms with Gasteiger partial charge in [-0.05, 0) is 42.3 Å². The normalized spacial score (nSPS) is 9.90. The number of benzene rings is 2. The van der Waals surface area contributed by atoms with Crippen LogP contribution in [-0.4, -0.2) is 7.11 Å². The molecule has 0 aliphatic carbocycles. The number of hydrogen-bond acceptors (Lipinski definition) is 3. The molecule has 2 aromatic rings. The van der Waals surface area contributed by atoms with Crippen LogP contribution in [0.2, 0.25) is 5.02 Å². The second-order valence-corrected chi connectivity index (χ2v) is 4.82. The molecule has 0 aliphatic heterocycles. The van der Waals surface area contributed by atoms with Crippen LogP contribution in [0.4, 0.5) is 5.69 Å². The standard InChI is InChI=1S/C16H15ClN2O/c1-11-14(17)4-3-5-15(11)19-10-12-6-7-13(9-18)16(8-12)20-2/h3-8,19H,10H2,1-2H3. The molecule has 0 spiro atoms. The maximum absolute atomic E-state index is 8.95. The topological polar surface area (TPSA) is 45.0 Å². The summed E-state index contributed by atoms with van der Waals surface area (Å²) in [6.45, 7) is 2.62. The van der Waals surface area contributed by atoms with E-state index < -0.39 is 0 Å². The number of rotatable bonds is 4. The molecular weight excluding hydrogens is 272 g/mol. The van der Waals surface area contributed by atoms with Gasteiger partial charge in [0.25, 0.3) is 0 Å². The van der Waals surface area contributed by atoms with Crippen molar-refractivity contribution in [3.05, 3.63) is 58.1 Å². The minimum absolute atomic E-state index is 0.537. The fourth-order valence-electron chi connectivity index (χ4n) is 1.93. The van der Waals surface area contributed by atoms with Gasteiger partial charge in [-0.15, -0.1) is 0 Å². The van der Waals surface area contributed by atoms with E-state index in [1.165, 1.54) is 0 Å². The lowest BCUT2D eigenvalue weighted by Crippen LogP contribution is -2.02. The second-order valence-electron chi connectivity index (χ2n) is 4.41. The zero-order valence-corrected chi connectivity index (χ0v) is 12.2. The maximum Gasteiger partial charge on any atom is 0.136 e. The first-order valence-corrected chi connectivity index (χ1v) is 6.59. The van der Waals surface area contributed by atoms with Gasteiger partial charge in [-0.1, -0.05) is 23.7 Å². The molecular formula is C16H15ClN2O. The first-order valence-electron chi connectivity index (χ1n) is 6.21.